The highest BCUT2D eigenvalue weighted by Crippen LogP contribution is 2.29. The van der Waals surface area contributed by atoms with Crippen LogP contribution in [0.2, 0.25) is 0 Å². The molecule has 2 rings (SSSR count). The molecule has 1 N–H and O–H groups in total. The van der Waals surface area contributed by atoms with Crippen LogP contribution in [0.15, 0.2) is 22.7 Å². The average molecular weight is 314 g/mol. The lowest BCUT2D eigenvalue weighted by Crippen LogP contribution is -2.35. The van der Waals surface area contributed by atoms with E-state index in [0.29, 0.717) is 10.5 Å². The van der Waals surface area contributed by atoms with Crippen molar-refractivity contribution in [1.82, 2.24) is 5.32 Å². The lowest BCUT2D eigenvalue weighted by atomic mass is 9.79. The molecule has 18 heavy (non-hydrogen) atoms. The third-order valence-electron chi connectivity index (χ3n) is 4.18. The van der Waals surface area contributed by atoms with E-state index < -0.39 is 0 Å². The quantitative estimate of drug-likeness (QED) is 0.866. The number of hydrogen-bond donors (Lipinski definition) is 1. The van der Waals surface area contributed by atoms with Gasteiger partial charge in [0.05, 0.1) is 4.47 Å². The lowest BCUT2D eigenvalue weighted by Gasteiger charge is -2.32. The molecule has 0 spiro atoms. The SMILES string of the molecule is CC1CCC(NCc2ccc(F)c(Br)c2)CC1C. The predicted molar refractivity (Wildman–Crippen MR) is 76.9 cm³/mol. The standard InChI is InChI=1S/C15H21BrFN/c1-10-3-5-13(7-11(10)2)18-9-12-4-6-15(17)14(16)8-12/h4,6,8,10-11,13,18H,3,5,7,9H2,1-2H3. The molecule has 3 unspecified atom stereocenters. The predicted octanol–water partition coefficient (Wildman–Crippen LogP) is 4.50. The summed E-state index contributed by atoms with van der Waals surface area (Å²) in [6.07, 6.45) is 3.82. The Morgan fingerprint density at radius 2 is 2.06 bits per heavy atom. The molecule has 0 aromatic heterocycles. The Morgan fingerprint density at radius 3 is 2.72 bits per heavy atom. The molecule has 3 heteroatoms. The van der Waals surface area contributed by atoms with Gasteiger partial charge in [-0.2, -0.15) is 0 Å². The monoisotopic (exact) mass is 313 g/mol. The minimum atomic E-state index is -0.195. The second-order valence-electron chi connectivity index (χ2n) is 5.59. The van der Waals surface area contributed by atoms with E-state index >= 15 is 0 Å². The van der Waals surface area contributed by atoms with Crippen molar-refractivity contribution in [3.63, 3.8) is 0 Å². The first-order valence-corrected chi connectivity index (χ1v) is 7.53. The summed E-state index contributed by atoms with van der Waals surface area (Å²) in [6, 6.07) is 5.84. The second kappa shape index (κ2) is 6.16. The molecule has 3 atom stereocenters. The van der Waals surface area contributed by atoms with Crippen molar-refractivity contribution in [3.8, 4) is 0 Å². The van der Waals surface area contributed by atoms with E-state index in [2.05, 4.69) is 35.1 Å². The molecule has 1 aliphatic rings. The van der Waals surface area contributed by atoms with Crippen LogP contribution in [-0.4, -0.2) is 6.04 Å². The second-order valence-corrected chi connectivity index (χ2v) is 6.45. The third-order valence-corrected chi connectivity index (χ3v) is 4.78. The van der Waals surface area contributed by atoms with Gasteiger partial charge in [0.1, 0.15) is 5.82 Å². The molecule has 0 aliphatic heterocycles. The number of nitrogens with one attached hydrogen (secondary N) is 1. The highest BCUT2D eigenvalue weighted by Gasteiger charge is 2.23. The number of halogens is 2. The smallest absolute Gasteiger partial charge is 0.137 e. The van der Waals surface area contributed by atoms with Gasteiger partial charge in [0.25, 0.3) is 0 Å². The van der Waals surface area contributed by atoms with E-state index in [0.717, 1.165) is 23.9 Å². The first kappa shape index (κ1) is 14.0. The van der Waals surface area contributed by atoms with Gasteiger partial charge < -0.3 is 5.32 Å². The summed E-state index contributed by atoms with van der Waals surface area (Å²) in [5.41, 5.74) is 1.13. The molecule has 0 bridgehead atoms. The van der Waals surface area contributed by atoms with E-state index in [9.17, 15) is 4.39 Å². The first-order chi connectivity index (χ1) is 8.56. The number of rotatable bonds is 3. The van der Waals surface area contributed by atoms with Gasteiger partial charge in [-0.1, -0.05) is 19.9 Å². The van der Waals surface area contributed by atoms with Crippen molar-refractivity contribution in [3.05, 3.63) is 34.1 Å². The molecular formula is C15H21BrFN. The van der Waals surface area contributed by atoms with Crippen molar-refractivity contribution in [2.24, 2.45) is 11.8 Å². The Labute approximate surface area is 117 Å². The topological polar surface area (TPSA) is 12.0 Å². The Morgan fingerprint density at radius 1 is 1.28 bits per heavy atom. The summed E-state index contributed by atoms with van der Waals surface area (Å²) >= 11 is 3.23. The maximum absolute atomic E-state index is 13.1. The molecular weight excluding hydrogens is 293 g/mol. The van der Waals surface area contributed by atoms with Crippen LogP contribution in [0, 0.1) is 17.7 Å². The van der Waals surface area contributed by atoms with E-state index in [-0.39, 0.29) is 5.82 Å². The Bertz CT molecular complexity index is 407. The van der Waals surface area contributed by atoms with Gasteiger partial charge in [0.15, 0.2) is 0 Å². The maximum Gasteiger partial charge on any atom is 0.137 e. The first-order valence-electron chi connectivity index (χ1n) is 6.73. The third kappa shape index (κ3) is 3.55. The van der Waals surface area contributed by atoms with E-state index in [1.54, 1.807) is 0 Å². The van der Waals surface area contributed by atoms with Crippen LogP contribution < -0.4 is 5.32 Å². The number of hydrogen-bond acceptors (Lipinski definition) is 1. The number of benzene rings is 1. The zero-order chi connectivity index (χ0) is 13.1. The fraction of sp³-hybridized carbons (Fsp3) is 0.600. The molecule has 0 heterocycles. The minimum absolute atomic E-state index is 0.195. The molecule has 1 aliphatic carbocycles. The van der Waals surface area contributed by atoms with Crippen LogP contribution in [0.25, 0.3) is 0 Å². The molecule has 0 amide bonds. The largest absolute Gasteiger partial charge is 0.310 e. The van der Waals surface area contributed by atoms with Gasteiger partial charge >= 0.3 is 0 Å². The molecule has 1 aromatic carbocycles. The van der Waals surface area contributed by atoms with Gasteiger partial charge in [0.2, 0.25) is 0 Å². The van der Waals surface area contributed by atoms with E-state index in [4.69, 9.17) is 0 Å². The summed E-state index contributed by atoms with van der Waals surface area (Å²) in [5.74, 6) is 1.46. The molecule has 100 valence electrons. The molecule has 0 saturated heterocycles. The van der Waals surface area contributed by atoms with E-state index in [1.165, 1.54) is 25.3 Å². The Hall–Kier alpha value is -0.410. The van der Waals surface area contributed by atoms with Crippen LogP contribution in [-0.2, 0) is 6.54 Å². The highest BCUT2D eigenvalue weighted by molar-refractivity contribution is 9.10. The van der Waals surface area contributed by atoms with Crippen LogP contribution >= 0.6 is 15.9 Å². The summed E-state index contributed by atoms with van der Waals surface area (Å²) < 4.78 is 13.7. The van der Waals surface area contributed by atoms with Crippen molar-refractivity contribution in [2.75, 3.05) is 0 Å². The van der Waals surface area contributed by atoms with Gasteiger partial charge in [-0.25, -0.2) is 4.39 Å². The van der Waals surface area contributed by atoms with Gasteiger partial charge in [-0.15, -0.1) is 0 Å². The van der Waals surface area contributed by atoms with Crippen molar-refractivity contribution in [2.45, 2.75) is 45.7 Å². The van der Waals surface area contributed by atoms with Crippen molar-refractivity contribution >= 4 is 15.9 Å². The Kier molecular flexibility index (Phi) is 4.79. The fourth-order valence-electron chi connectivity index (χ4n) is 2.64. The van der Waals surface area contributed by atoms with Gasteiger partial charge in [-0.3, -0.25) is 0 Å². The van der Waals surface area contributed by atoms with Gasteiger partial charge in [-0.05, 0) is 64.7 Å². The summed E-state index contributed by atoms with van der Waals surface area (Å²) in [7, 11) is 0. The fourth-order valence-corrected chi connectivity index (χ4v) is 3.07. The molecule has 1 fully saturated rings. The zero-order valence-corrected chi connectivity index (χ0v) is 12.6. The Balaban J connectivity index is 1.86. The van der Waals surface area contributed by atoms with Crippen LogP contribution in [0.5, 0.6) is 0 Å². The molecule has 0 radical (unpaired) electrons. The highest BCUT2D eigenvalue weighted by atomic mass is 79.9. The molecule has 1 aromatic rings. The summed E-state index contributed by atoms with van der Waals surface area (Å²) in [5, 5.41) is 3.59. The van der Waals surface area contributed by atoms with Crippen LogP contribution in [0.1, 0.15) is 38.7 Å². The average Bonchev–Trinajstić information content (AvgIpc) is 2.35. The maximum atomic E-state index is 13.1. The van der Waals surface area contributed by atoms with Crippen molar-refractivity contribution < 1.29 is 4.39 Å². The van der Waals surface area contributed by atoms with Crippen molar-refractivity contribution in [1.29, 1.82) is 0 Å². The summed E-state index contributed by atoms with van der Waals surface area (Å²) in [6.45, 7) is 5.51. The molecule has 1 saturated carbocycles. The summed E-state index contributed by atoms with van der Waals surface area (Å²) in [4.78, 5) is 0. The zero-order valence-electron chi connectivity index (χ0n) is 11.0. The van der Waals surface area contributed by atoms with Crippen LogP contribution in [0.3, 0.4) is 0 Å². The normalized spacial score (nSPS) is 28.3. The molecule has 1 nitrogen and oxygen atoms in total. The lowest BCUT2D eigenvalue weighted by molar-refractivity contribution is 0.225. The van der Waals surface area contributed by atoms with Crippen LogP contribution in [0.4, 0.5) is 4.39 Å². The minimum Gasteiger partial charge on any atom is -0.310 e. The van der Waals surface area contributed by atoms with Gasteiger partial charge in [0, 0.05) is 12.6 Å². The van der Waals surface area contributed by atoms with E-state index in [1.807, 2.05) is 12.1 Å².